The Labute approximate surface area is 164 Å². The minimum atomic E-state index is -1.05. The molecular formula is C20H16N4O3S. The molecule has 0 atom stereocenters. The van der Waals surface area contributed by atoms with Crippen LogP contribution >= 0.6 is 11.5 Å². The second-order valence-electron chi connectivity index (χ2n) is 6.00. The Bertz CT molecular complexity index is 1140. The molecule has 2 aromatic carbocycles. The number of benzene rings is 2. The zero-order chi connectivity index (χ0) is 19.5. The van der Waals surface area contributed by atoms with Crippen molar-refractivity contribution in [2.24, 2.45) is 0 Å². The second kappa shape index (κ2) is 7.61. The van der Waals surface area contributed by atoms with Crippen LogP contribution < -0.4 is 10.1 Å². The first-order valence-electron chi connectivity index (χ1n) is 8.48. The molecule has 0 amide bonds. The van der Waals surface area contributed by atoms with Crippen molar-refractivity contribution in [3.8, 4) is 17.1 Å². The van der Waals surface area contributed by atoms with E-state index in [2.05, 4.69) is 19.7 Å². The standard InChI is InChI=1S/C20H16N4O3S/c1-27-13-7-5-12(6-8-13)11-21-20-23-18(24-28-20)15-3-2-4-16-14(15)9-10-17(22-16)19(25)26/h2-10H,11H2,1H3,(H,25,26)(H,21,23,24). The maximum Gasteiger partial charge on any atom is 0.354 e. The topological polar surface area (TPSA) is 97.2 Å². The van der Waals surface area contributed by atoms with Gasteiger partial charge < -0.3 is 15.2 Å². The van der Waals surface area contributed by atoms with Crippen LogP contribution in [0.25, 0.3) is 22.3 Å². The number of carboxylic acids is 1. The van der Waals surface area contributed by atoms with Gasteiger partial charge in [0.25, 0.3) is 0 Å². The molecule has 0 aliphatic heterocycles. The summed E-state index contributed by atoms with van der Waals surface area (Å²) in [6.45, 7) is 0.623. The number of aromatic carboxylic acids is 1. The number of carbonyl (C=O) groups is 1. The fourth-order valence-corrected chi connectivity index (χ4v) is 3.37. The van der Waals surface area contributed by atoms with Crippen molar-refractivity contribution in [3.63, 3.8) is 0 Å². The number of fused-ring (bicyclic) bond motifs is 1. The zero-order valence-electron chi connectivity index (χ0n) is 14.9. The largest absolute Gasteiger partial charge is 0.497 e. The van der Waals surface area contributed by atoms with E-state index < -0.39 is 5.97 Å². The van der Waals surface area contributed by atoms with E-state index in [1.165, 1.54) is 17.6 Å². The van der Waals surface area contributed by atoms with Gasteiger partial charge in [0, 0.05) is 29.0 Å². The first-order chi connectivity index (χ1) is 13.6. The number of nitrogens with one attached hydrogen (secondary N) is 1. The molecule has 0 aliphatic rings. The number of hydrogen-bond donors (Lipinski definition) is 2. The van der Waals surface area contributed by atoms with Gasteiger partial charge in [0.15, 0.2) is 5.82 Å². The van der Waals surface area contributed by atoms with E-state index in [-0.39, 0.29) is 5.69 Å². The molecule has 140 valence electrons. The number of nitrogens with zero attached hydrogens (tertiary/aromatic N) is 3. The molecule has 2 N–H and O–H groups in total. The smallest absolute Gasteiger partial charge is 0.354 e. The van der Waals surface area contributed by atoms with Gasteiger partial charge in [-0.3, -0.25) is 0 Å². The third-order valence-electron chi connectivity index (χ3n) is 4.22. The maximum atomic E-state index is 11.1. The summed E-state index contributed by atoms with van der Waals surface area (Å²) in [5.41, 5.74) is 2.53. The van der Waals surface area contributed by atoms with Crippen LogP contribution in [0.2, 0.25) is 0 Å². The molecule has 28 heavy (non-hydrogen) atoms. The van der Waals surface area contributed by atoms with Crippen molar-refractivity contribution in [3.05, 3.63) is 65.9 Å². The molecule has 8 heteroatoms. The molecule has 4 aromatic rings. The van der Waals surface area contributed by atoms with Crippen LogP contribution in [0.5, 0.6) is 5.75 Å². The van der Waals surface area contributed by atoms with Crippen molar-refractivity contribution in [1.82, 2.24) is 14.3 Å². The van der Waals surface area contributed by atoms with Gasteiger partial charge in [-0.2, -0.15) is 9.36 Å². The molecule has 0 fully saturated rings. The van der Waals surface area contributed by atoms with Gasteiger partial charge in [-0.1, -0.05) is 24.3 Å². The van der Waals surface area contributed by atoms with Crippen LogP contribution in [0.1, 0.15) is 16.1 Å². The first-order valence-corrected chi connectivity index (χ1v) is 9.25. The minimum Gasteiger partial charge on any atom is -0.497 e. The van der Waals surface area contributed by atoms with Crippen LogP contribution in [-0.4, -0.2) is 32.5 Å². The maximum absolute atomic E-state index is 11.1. The van der Waals surface area contributed by atoms with E-state index >= 15 is 0 Å². The number of aromatic nitrogens is 3. The third-order valence-corrected chi connectivity index (χ3v) is 4.89. The number of pyridine rings is 1. The number of hydrogen-bond acceptors (Lipinski definition) is 7. The van der Waals surface area contributed by atoms with Crippen LogP contribution in [0.4, 0.5) is 5.13 Å². The van der Waals surface area contributed by atoms with Crippen molar-refractivity contribution in [2.45, 2.75) is 6.54 Å². The molecule has 0 spiro atoms. The van der Waals surface area contributed by atoms with E-state index in [1.807, 2.05) is 36.4 Å². The highest BCUT2D eigenvalue weighted by atomic mass is 32.1. The van der Waals surface area contributed by atoms with Gasteiger partial charge in [-0.25, -0.2) is 9.78 Å². The molecular weight excluding hydrogens is 376 g/mol. The molecule has 0 aliphatic carbocycles. The quantitative estimate of drug-likeness (QED) is 0.510. The lowest BCUT2D eigenvalue weighted by Gasteiger charge is -2.05. The summed E-state index contributed by atoms with van der Waals surface area (Å²) in [5.74, 6) is 0.347. The van der Waals surface area contributed by atoms with Crippen molar-refractivity contribution >= 4 is 33.5 Å². The Morgan fingerprint density at radius 2 is 1.93 bits per heavy atom. The van der Waals surface area contributed by atoms with Crippen LogP contribution in [-0.2, 0) is 6.54 Å². The SMILES string of the molecule is COc1ccc(CNc2nc(-c3cccc4nc(C(=O)O)ccc34)ns2)cc1. The third kappa shape index (κ3) is 3.63. The summed E-state index contributed by atoms with van der Waals surface area (Å²) in [6.07, 6.45) is 0. The molecule has 0 unspecified atom stereocenters. The number of rotatable bonds is 6. The summed E-state index contributed by atoms with van der Waals surface area (Å²) >= 11 is 1.28. The number of ether oxygens (including phenoxy) is 1. The highest BCUT2D eigenvalue weighted by Crippen LogP contribution is 2.28. The molecule has 0 saturated carbocycles. The highest BCUT2D eigenvalue weighted by molar-refractivity contribution is 7.09. The summed E-state index contributed by atoms with van der Waals surface area (Å²) in [6, 6.07) is 16.5. The number of anilines is 1. The van der Waals surface area contributed by atoms with Crippen LogP contribution in [0.15, 0.2) is 54.6 Å². The van der Waals surface area contributed by atoms with Crippen LogP contribution in [0, 0.1) is 0 Å². The second-order valence-corrected chi connectivity index (χ2v) is 6.75. The van der Waals surface area contributed by atoms with E-state index in [0.29, 0.717) is 23.0 Å². The summed E-state index contributed by atoms with van der Waals surface area (Å²) in [4.78, 5) is 19.9. The van der Waals surface area contributed by atoms with Crippen molar-refractivity contribution in [1.29, 1.82) is 0 Å². The predicted molar refractivity (Wildman–Crippen MR) is 108 cm³/mol. The van der Waals surface area contributed by atoms with E-state index in [4.69, 9.17) is 9.84 Å². The molecule has 0 radical (unpaired) electrons. The zero-order valence-corrected chi connectivity index (χ0v) is 15.7. The Morgan fingerprint density at radius 3 is 2.68 bits per heavy atom. The first kappa shape index (κ1) is 17.9. The molecule has 2 heterocycles. The lowest BCUT2D eigenvalue weighted by atomic mass is 10.1. The fraction of sp³-hybridized carbons (Fsp3) is 0.100. The summed E-state index contributed by atoms with van der Waals surface area (Å²) in [5, 5.41) is 13.9. The van der Waals surface area contributed by atoms with Gasteiger partial charge >= 0.3 is 5.97 Å². The molecule has 0 saturated heterocycles. The van der Waals surface area contributed by atoms with Gasteiger partial charge in [-0.15, -0.1) is 0 Å². The molecule has 2 aromatic heterocycles. The van der Waals surface area contributed by atoms with Gasteiger partial charge in [-0.05, 0) is 35.9 Å². The predicted octanol–water partition coefficient (Wildman–Crippen LogP) is 4.07. The monoisotopic (exact) mass is 392 g/mol. The van der Waals surface area contributed by atoms with Gasteiger partial charge in [0.1, 0.15) is 11.4 Å². The van der Waals surface area contributed by atoms with E-state index in [1.54, 1.807) is 19.2 Å². The van der Waals surface area contributed by atoms with Crippen molar-refractivity contribution < 1.29 is 14.6 Å². The molecule has 0 bridgehead atoms. The molecule has 7 nitrogen and oxygen atoms in total. The summed E-state index contributed by atoms with van der Waals surface area (Å²) in [7, 11) is 1.64. The Morgan fingerprint density at radius 1 is 1.11 bits per heavy atom. The highest BCUT2D eigenvalue weighted by Gasteiger charge is 2.12. The van der Waals surface area contributed by atoms with Crippen LogP contribution in [0.3, 0.4) is 0 Å². The van der Waals surface area contributed by atoms with Crippen molar-refractivity contribution in [2.75, 3.05) is 12.4 Å². The van der Waals surface area contributed by atoms with Gasteiger partial charge in [0.2, 0.25) is 5.13 Å². The lowest BCUT2D eigenvalue weighted by molar-refractivity contribution is 0.0691. The molecule has 4 rings (SSSR count). The lowest BCUT2D eigenvalue weighted by Crippen LogP contribution is -2.00. The van der Waals surface area contributed by atoms with Gasteiger partial charge in [0.05, 0.1) is 12.6 Å². The van der Waals surface area contributed by atoms with E-state index in [9.17, 15) is 4.79 Å². The summed E-state index contributed by atoms with van der Waals surface area (Å²) < 4.78 is 9.60. The Kier molecular flexibility index (Phi) is 4.86. The fourth-order valence-electron chi connectivity index (χ4n) is 2.79. The normalized spacial score (nSPS) is 10.8. The Balaban J connectivity index is 1.56. The van der Waals surface area contributed by atoms with E-state index in [0.717, 1.165) is 22.3 Å². The minimum absolute atomic E-state index is 0.0118. The average molecular weight is 392 g/mol. The number of methoxy groups -OCH3 is 1. The number of carboxylic acid groups (broad SMARTS) is 1. The average Bonchev–Trinajstić information content (AvgIpc) is 3.20. The Hall–Kier alpha value is -3.52.